The molecule has 0 heterocycles. The molecular weight excluding hydrogens is 332 g/mol. The van der Waals surface area contributed by atoms with E-state index in [0.29, 0.717) is 0 Å². The molecule has 0 saturated heterocycles. The van der Waals surface area contributed by atoms with Crippen LogP contribution in [0.3, 0.4) is 0 Å². The fourth-order valence-corrected chi connectivity index (χ4v) is 2.32. The van der Waals surface area contributed by atoms with Crippen molar-refractivity contribution in [1.82, 2.24) is 0 Å². The van der Waals surface area contributed by atoms with Crippen molar-refractivity contribution in [3.8, 4) is 0 Å². The Kier molecular flexibility index (Phi) is 4.40. The maximum Gasteiger partial charge on any atom is 0.217 e. The van der Waals surface area contributed by atoms with E-state index in [1.165, 1.54) is 6.07 Å². The number of rotatable bonds is 0. The lowest BCUT2D eigenvalue weighted by Crippen LogP contribution is -2.01. The van der Waals surface area contributed by atoms with Crippen LogP contribution >= 0.6 is 81.2 Å². The molecule has 1 rings (SSSR count). The van der Waals surface area contributed by atoms with Crippen LogP contribution in [0.1, 0.15) is 5.56 Å². The van der Waals surface area contributed by atoms with Crippen LogP contribution in [-0.4, -0.2) is 0 Å². The summed E-state index contributed by atoms with van der Waals surface area (Å²) < 4.78 is -1.69. The predicted molar refractivity (Wildman–Crippen MR) is 65.7 cm³/mol. The van der Waals surface area contributed by atoms with Crippen molar-refractivity contribution in [2.75, 3.05) is 0 Å². The van der Waals surface area contributed by atoms with Gasteiger partial charge in [0.05, 0.1) is 20.1 Å². The maximum absolute atomic E-state index is 5.83. The van der Waals surface area contributed by atoms with Crippen LogP contribution in [0.5, 0.6) is 0 Å². The van der Waals surface area contributed by atoms with Gasteiger partial charge in [-0.15, -0.1) is 0 Å². The Labute approximate surface area is 116 Å². The first-order valence-corrected chi connectivity index (χ1v) is 5.80. The molecule has 0 atom stereocenters. The summed E-state index contributed by atoms with van der Waals surface area (Å²) in [6, 6.07) is 1.37. The van der Waals surface area contributed by atoms with E-state index in [-0.39, 0.29) is 25.7 Å². The minimum Gasteiger partial charge on any atom is -0.0826 e. The third-order valence-corrected chi connectivity index (χ3v) is 3.77. The Morgan fingerprint density at radius 3 is 1.71 bits per heavy atom. The van der Waals surface area contributed by atoms with Crippen molar-refractivity contribution in [3.05, 3.63) is 31.7 Å². The van der Waals surface area contributed by atoms with Crippen LogP contribution in [0.15, 0.2) is 6.07 Å². The van der Waals surface area contributed by atoms with Crippen molar-refractivity contribution in [2.24, 2.45) is 0 Å². The molecule has 1 aromatic carbocycles. The van der Waals surface area contributed by atoms with Gasteiger partial charge in [-0.1, -0.05) is 81.2 Å². The zero-order chi connectivity index (χ0) is 11.1. The highest BCUT2D eigenvalue weighted by Crippen LogP contribution is 2.47. The lowest BCUT2D eigenvalue weighted by atomic mass is 10.2. The molecule has 14 heavy (non-hydrogen) atoms. The standard InChI is InChI=1S/C7HCl7/c8-3-1-2(7(12,13)14)4(9)6(11)5(3)10/h1H. The van der Waals surface area contributed by atoms with Crippen LogP contribution in [0, 0.1) is 0 Å². The number of alkyl halides is 3. The first-order chi connectivity index (χ1) is 6.25. The third-order valence-electron chi connectivity index (χ3n) is 1.41. The molecule has 7 heteroatoms. The molecule has 0 saturated carbocycles. The average molecular weight is 333 g/mol. The molecule has 78 valence electrons. The predicted octanol–water partition coefficient (Wildman–Crippen LogP) is 6.13. The van der Waals surface area contributed by atoms with Gasteiger partial charge < -0.3 is 0 Å². The summed E-state index contributed by atoms with van der Waals surface area (Å²) >= 11 is 40.0. The van der Waals surface area contributed by atoms with Crippen LogP contribution in [0.2, 0.25) is 20.1 Å². The van der Waals surface area contributed by atoms with Gasteiger partial charge in [-0.2, -0.15) is 0 Å². The van der Waals surface area contributed by atoms with Gasteiger partial charge in [0, 0.05) is 5.56 Å². The molecule has 0 amide bonds. The fraction of sp³-hybridized carbons (Fsp3) is 0.143. The van der Waals surface area contributed by atoms with E-state index in [1.54, 1.807) is 0 Å². The number of benzene rings is 1. The van der Waals surface area contributed by atoms with Gasteiger partial charge in [0.2, 0.25) is 3.79 Å². The molecule has 0 aliphatic carbocycles. The monoisotopic (exact) mass is 330 g/mol. The summed E-state index contributed by atoms with van der Waals surface area (Å²) in [6.07, 6.45) is 0. The topological polar surface area (TPSA) is 0 Å². The van der Waals surface area contributed by atoms with E-state index >= 15 is 0 Å². The van der Waals surface area contributed by atoms with Crippen molar-refractivity contribution in [1.29, 1.82) is 0 Å². The van der Waals surface area contributed by atoms with E-state index in [9.17, 15) is 0 Å². The summed E-state index contributed by atoms with van der Waals surface area (Å²) in [7, 11) is 0. The molecule has 0 radical (unpaired) electrons. The largest absolute Gasteiger partial charge is 0.217 e. The lowest BCUT2D eigenvalue weighted by Gasteiger charge is -2.15. The fourth-order valence-electron chi connectivity index (χ4n) is 0.779. The van der Waals surface area contributed by atoms with Crippen molar-refractivity contribution in [3.63, 3.8) is 0 Å². The van der Waals surface area contributed by atoms with E-state index in [4.69, 9.17) is 81.2 Å². The summed E-state index contributed by atoms with van der Waals surface area (Å²) in [5.74, 6) is 0. The smallest absolute Gasteiger partial charge is 0.0826 e. The highest BCUT2D eigenvalue weighted by atomic mass is 35.6. The Balaban J connectivity index is 3.49. The highest BCUT2D eigenvalue weighted by molar-refractivity contribution is 6.67. The van der Waals surface area contributed by atoms with E-state index in [0.717, 1.165) is 0 Å². The molecule has 0 fully saturated rings. The number of hydrogen-bond acceptors (Lipinski definition) is 0. The molecule has 0 bridgehead atoms. The Hall–Kier alpha value is 1.25. The zero-order valence-electron chi connectivity index (χ0n) is 6.22. The van der Waals surface area contributed by atoms with Gasteiger partial charge in [-0.25, -0.2) is 0 Å². The van der Waals surface area contributed by atoms with Gasteiger partial charge in [0.15, 0.2) is 0 Å². The minimum absolute atomic E-state index is 0.0714. The first kappa shape index (κ1) is 13.3. The lowest BCUT2D eigenvalue weighted by molar-refractivity contribution is 1.24. The van der Waals surface area contributed by atoms with Gasteiger partial charge >= 0.3 is 0 Å². The quantitative estimate of drug-likeness (QED) is 0.304. The molecule has 0 unspecified atom stereocenters. The molecule has 0 aliphatic rings. The van der Waals surface area contributed by atoms with Crippen LogP contribution < -0.4 is 0 Å². The van der Waals surface area contributed by atoms with E-state index in [1.807, 2.05) is 0 Å². The molecule has 1 aromatic rings. The van der Waals surface area contributed by atoms with Crippen LogP contribution in [-0.2, 0) is 3.79 Å². The normalized spacial score (nSPS) is 11.9. The molecule has 0 nitrogen and oxygen atoms in total. The van der Waals surface area contributed by atoms with Gasteiger partial charge in [0.1, 0.15) is 0 Å². The molecule has 0 N–H and O–H groups in total. The van der Waals surface area contributed by atoms with Gasteiger partial charge in [-0.3, -0.25) is 0 Å². The maximum atomic E-state index is 5.83. The second-order valence-corrected chi connectivity index (χ2v) is 6.17. The van der Waals surface area contributed by atoms with Gasteiger partial charge in [0.25, 0.3) is 0 Å². The van der Waals surface area contributed by atoms with Crippen molar-refractivity contribution >= 4 is 81.2 Å². The molecular formula is C7HCl7. The molecule has 0 spiro atoms. The van der Waals surface area contributed by atoms with Gasteiger partial charge in [-0.05, 0) is 6.07 Å². The zero-order valence-corrected chi connectivity index (χ0v) is 11.5. The Bertz CT molecular complexity index is 365. The summed E-state index contributed by atoms with van der Waals surface area (Å²) in [5, 5.41) is 0.474. The summed E-state index contributed by atoms with van der Waals surface area (Å²) in [6.45, 7) is 0. The summed E-state index contributed by atoms with van der Waals surface area (Å²) in [5.41, 5.74) is 0.198. The third kappa shape index (κ3) is 2.68. The van der Waals surface area contributed by atoms with E-state index in [2.05, 4.69) is 0 Å². The highest BCUT2D eigenvalue weighted by Gasteiger charge is 2.28. The summed E-state index contributed by atoms with van der Waals surface area (Å²) in [4.78, 5) is 0. The first-order valence-electron chi connectivity index (χ1n) is 3.15. The average Bonchev–Trinajstić information content (AvgIpc) is 2.06. The molecule has 0 aromatic heterocycles. The second kappa shape index (κ2) is 4.63. The second-order valence-electron chi connectivity index (χ2n) is 2.35. The van der Waals surface area contributed by atoms with E-state index < -0.39 is 3.79 Å². The van der Waals surface area contributed by atoms with Crippen LogP contribution in [0.4, 0.5) is 0 Å². The van der Waals surface area contributed by atoms with Crippen LogP contribution in [0.25, 0.3) is 0 Å². The number of halogens is 7. The van der Waals surface area contributed by atoms with Crippen molar-refractivity contribution < 1.29 is 0 Å². The molecule has 0 aliphatic heterocycles. The minimum atomic E-state index is -1.69. The van der Waals surface area contributed by atoms with Crippen molar-refractivity contribution in [2.45, 2.75) is 3.79 Å². The SMILES string of the molecule is Clc1cc(C(Cl)(Cl)Cl)c(Cl)c(Cl)c1Cl. The Morgan fingerprint density at radius 1 is 0.786 bits per heavy atom. The Morgan fingerprint density at radius 2 is 1.29 bits per heavy atom. The number of hydrogen-bond donors (Lipinski definition) is 0.